The largest absolute Gasteiger partial charge is 1.00 e. The van der Waals surface area contributed by atoms with Crippen LogP contribution in [0.15, 0.2) is 60.7 Å². The number of hydrogen-bond donors (Lipinski definition) is 0. The molecule has 3 heteroatoms. The summed E-state index contributed by atoms with van der Waals surface area (Å²) in [6, 6.07) is 18.3. The molecule has 0 aliphatic heterocycles. The summed E-state index contributed by atoms with van der Waals surface area (Å²) in [5.41, 5.74) is 9.37. The maximum Gasteiger partial charge on any atom is -1.00 e. The van der Waals surface area contributed by atoms with Crippen molar-refractivity contribution in [1.29, 1.82) is 0 Å². The van der Waals surface area contributed by atoms with Crippen LogP contribution in [0.1, 0.15) is 57.2 Å². The van der Waals surface area contributed by atoms with Gasteiger partial charge in [0.2, 0.25) is 0 Å². The number of hydrogen-bond acceptors (Lipinski definition) is 0. The van der Waals surface area contributed by atoms with Crippen molar-refractivity contribution < 1.29 is 48.0 Å². The van der Waals surface area contributed by atoms with Gasteiger partial charge in [-0.2, -0.15) is 0 Å². The third kappa shape index (κ3) is 4.21. The van der Waals surface area contributed by atoms with E-state index in [9.17, 15) is 0 Å². The molecule has 140 valence electrons. The Balaban J connectivity index is 0.00000131. The van der Waals surface area contributed by atoms with Crippen LogP contribution >= 0.6 is 0 Å². The minimum atomic E-state index is -0.673. The molecular weight excluding hydrogens is 450 g/mol. The van der Waals surface area contributed by atoms with Gasteiger partial charge in [-0.3, -0.25) is 0 Å². The van der Waals surface area contributed by atoms with Gasteiger partial charge in [0.1, 0.15) is 0 Å². The van der Waals surface area contributed by atoms with Crippen LogP contribution in [-0.4, -0.2) is 0 Å². The van der Waals surface area contributed by atoms with Crippen LogP contribution in [-0.2, 0) is 23.2 Å². The first-order valence-electron chi connectivity index (χ1n) is 9.44. The predicted octanol–water partition coefficient (Wildman–Crippen LogP) is 0.666. The Morgan fingerprint density at radius 2 is 1.00 bits per heavy atom. The molecule has 2 aromatic carbocycles. The second kappa shape index (κ2) is 9.25. The molecule has 0 bridgehead atoms. The Morgan fingerprint density at radius 3 is 1.37 bits per heavy atom. The van der Waals surface area contributed by atoms with Crippen LogP contribution < -0.4 is 24.8 Å². The summed E-state index contributed by atoms with van der Waals surface area (Å²) in [4.78, 5) is 0. The standard InChI is InChI=1S/2C12H13.2ClH.Zr/c2*1-9(2)11-8-7-10-5-3-4-6-12(10)11;;;/h2*3-9H,1-2H3;2*1H;/q;;;;+2/p-2. The average Bonchev–Trinajstić information content (AvgIpc) is 3.15. The number of allylic oxidation sites excluding steroid dienone is 4. The van der Waals surface area contributed by atoms with E-state index >= 15 is 0 Å². The summed E-state index contributed by atoms with van der Waals surface area (Å²) in [6.07, 6.45) is 5.23. The molecule has 4 rings (SSSR count). The van der Waals surface area contributed by atoms with Gasteiger partial charge in [-0.15, -0.1) is 0 Å². The van der Waals surface area contributed by atoms with Crippen molar-refractivity contribution in [2.24, 2.45) is 11.8 Å². The number of rotatable bonds is 4. The zero-order valence-corrected chi connectivity index (χ0v) is 20.3. The molecule has 0 aromatic heterocycles. The molecule has 0 spiro atoms. The molecule has 2 aliphatic rings. The fraction of sp³-hybridized carbons (Fsp3) is 0.333. The van der Waals surface area contributed by atoms with Crippen LogP contribution in [0, 0.1) is 11.8 Å². The van der Waals surface area contributed by atoms with Gasteiger partial charge in [0.05, 0.1) is 0 Å². The van der Waals surface area contributed by atoms with Gasteiger partial charge in [0.25, 0.3) is 0 Å². The molecule has 0 N–H and O–H groups in total. The molecule has 2 aliphatic carbocycles. The zero-order chi connectivity index (χ0) is 17.6. The molecule has 0 saturated carbocycles. The average molecular weight is 477 g/mol. The molecule has 0 amide bonds. The van der Waals surface area contributed by atoms with Crippen LogP contribution in [0.4, 0.5) is 0 Å². The molecule has 2 unspecified atom stereocenters. The van der Waals surface area contributed by atoms with Crippen LogP contribution in [0.5, 0.6) is 0 Å². The molecule has 27 heavy (non-hydrogen) atoms. The van der Waals surface area contributed by atoms with Gasteiger partial charge in [-0.1, -0.05) is 0 Å². The van der Waals surface area contributed by atoms with Gasteiger partial charge >= 0.3 is 164 Å². The predicted molar refractivity (Wildman–Crippen MR) is 104 cm³/mol. The van der Waals surface area contributed by atoms with E-state index in [1.54, 1.807) is 22.3 Å². The topological polar surface area (TPSA) is 0 Å². The third-order valence-electron chi connectivity index (χ3n) is 5.51. The number of fused-ring (bicyclic) bond motifs is 2. The third-order valence-corrected chi connectivity index (χ3v) is 9.62. The molecule has 0 radical (unpaired) electrons. The zero-order valence-electron chi connectivity index (χ0n) is 16.3. The van der Waals surface area contributed by atoms with Gasteiger partial charge in [-0.05, 0) is 0 Å². The van der Waals surface area contributed by atoms with Crippen molar-refractivity contribution >= 4 is 11.1 Å². The first-order chi connectivity index (χ1) is 12.1. The summed E-state index contributed by atoms with van der Waals surface area (Å²) >= 11 is -0.673. The van der Waals surface area contributed by atoms with E-state index in [-0.39, 0.29) is 24.8 Å². The smallest absolute Gasteiger partial charge is 1.00 e. The monoisotopic (exact) mass is 474 g/mol. The Labute approximate surface area is 187 Å². The maximum absolute atomic E-state index is 2.62. The van der Waals surface area contributed by atoms with E-state index in [4.69, 9.17) is 0 Å². The Hall–Kier alpha value is -0.617. The first kappa shape index (κ1) is 22.7. The molecule has 0 saturated heterocycles. The summed E-state index contributed by atoms with van der Waals surface area (Å²) in [5, 5.41) is 0. The van der Waals surface area contributed by atoms with E-state index in [0.29, 0.717) is 19.1 Å². The van der Waals surface area contributed by atoms with Crippen molar-refractivity contribution in [3.8, 4) is 0 Å². The summed E-state index contributed by atoms with van der Waals surface area (Å²) in [5.74, 6) is 1.23. The van der Waals surface area contributed by atoms with Gasteiger partial charge < -0.3 is 24.8 Å². The summed E-state index contributed by atoms with van der Waals surface area (Å²) in [7, 11) is 0. The fourth-order valence-corrected chi connectivity index (χ4v) is 8.68. The number of benzene rings is 2. The molecule has 2 aromatic rings. The molecule has 0 fully saturated rings. The fourth-order valence-electron chi connectivity index (χ4n) is 4.26. The Kier molecular flexibility index (Phi) is 7.77. The maximum atomic E-state index is 2.62. The molecular formula is C24H26Cl2Zr. The van der Waals surface area contributed by atoms with Gasteiger partial charge in [0, 0.05) is 0 Å². The second-order valence-corrected chi connectivity index (χ2v) is 11.7. The van der Waals surface area contributed by atoms with E-state index < -0.39 is 23.2 Å². The second-order valence-electron chi connectivity index (χ2n) is 7.85. The first-order valence-corrected chi connectivity index (χ1v) is 12.3. The van der Waals surface area contributed by atoms with E-state index in [2.05, 4.69) is 88.4 Å². The van der Waals surface area contributed by atoms with E-state index in [1.165, 1.54) is 11.1 Å². The van der Waals surface area contributed by atoms with Crippen molar-refractivity contribution in [1.82, 2.24) is 0 Å². The summed E-state index contributed by atoms with van der Waals surface area (Å²) in [6.45, 7) is 9.32. The van der Waals surface area contributed by atoms with Crippen molar-refractivity contribution in [2.45, 2.75) is 34.9 Å². The van der Waals surface area contributed by atoms with E-state index in [0.717, 1.165) is 0 Å². The van der Waals surface area contributed by atoms with Crippen LogP contribution in [0.3, 0.4) is 0 Å². The molecule has 2 atom stereocenters. The van der Waals surface area contributed by atoms with E-state index in [1.807, 2.05) is 0 Å². The quantitative estimate of drug-likeness (QED) is 0.609. The normalized spacial score (nSPS) is 19.5. The Bertz CT molecular complexity index is 793. The molecule has 0 heterocycles. The van der Waals surface area contributed by atoms with Crippen molar-refractivity contribution in [2.75, 3.05) is 0 Å². The van der Waals surface area contributed by atoms with Crippen molar-refractivity contribution in [3.63, 3.8) is 0 Å². The van der Waals surface area contributed by atoms with Crippen LogP contribution in [0.2, 0.25) is 0 Å². The minimum Gasteiger partial charge on any atom is -1.00 e. The van der Waals surface area contributed by atoms with Crippen molar-refractivity contribution in [3.05, 3.63) is 82.9 Å². The molecule has 0 nitrogen and oxygen atoms in total. The van der Waals surface area contributed by atoms with Crippen LogP contribution in [0.25, 0.3) is 11.1 Å². The number of halogens is 2. The Morgan fingerprint density at radius 1 is 0.630 bits per heavy atom. The summed E-state index contributed by atoms with van der Waals surface area (Å²) < 4.78 is 1.41. The SMILES string of the molecule is CC(C)C1=C[CH]([Zr+2][CH]2C=C(C(C)C)c3ccccc32)c2ccccc21.[Cl-].[Cl-]. The van der Waals surface area contributed by atoms with Gasteiger partial charge in [-0.25, -0.2) is 0 Å². The van der Waals surface area contributed by atoms with Gasteiger partial charge in [0.15, 0.2) is 0 Å². The minimum absolute atomic E-state index is 0.